The van der Waals surface area contributed by atoms with E-state index < -0.39 is 0 Å². The predicted molar refractivity (Wildman–Crippen MR) is 48.0 cm³/mol. The Bertz CT molecular complexity index is 64.3. The van der Waals surface area contributed by atoms with Crippen LogP contribution in [0.25, 0.3) is 0 Å². The monoisotopic (exact) mass is 160 g/mol. The van der Waals surface area contributed by atoms with Crippen molar-refractivity contribution in [3.8, 4) is 0 Å². The Balaban J connectivity index is 0. The molecule has 0 bridgehead atoms. The van der Waals surface area contributed by atoms with Crippen LogP contribution >= 0.6 is 9.12 Å². The van der Waals surface area contributed by atoms with Crippen molar-refractivity contribution >= 4 is 9.12 Å². The second-order valence-corrected chi connectivity index (χ2v) is 2.14. The molecule has 0 aliphatic heterocycles. The fourth-order valence-electron chi connectivity index (χ4n) is 0.715. The summed E-state index contributed by atoms with van der Waals surface area (Å²) < 4.78 is 8.06. The highest BCUT2D eigenvalue weighted by atomic mass is 31.0. The van der Waals surface area contributed by atoms with E-state index in [0.29, 0.717) is 0 Å². The maximum absolute atomic E-state index is 8.06. The molecule has 0 amide bonds. The van der Waals surface area contributed by atoms with Gasteiger partial charge in [-0.05, 0) is 12.8 Å². The SMILES string of the molecule is C=CCCCCCC.O=P. The maximum atomic E-state index is 8.06. The van der Waals surface area contributed by atoms with Crippen molar-refractivity contribution in [1.82, 2.24) is 0 Å². The zero-order valence-electron chi connectivity index (χ0n) is 6.73. The summed E-state index contributed by atoms with van der Waals surface area (Å²) in [6.07, 6.45) is 8.61. The minimum Gasteiger partial charge on any atom is -0.279 e. The Kier molecular flexibility index (Phi) is 19.9. The fraction of sp³-hybridized carbons (Fsp3) is 0.750. The minimum atomic E-state index is 1.19. The summed E-state index contributed by atoms with van der Waals surface area (Å²) in [6.45, 7) is 5.89. The molecule has 0 aliphatic rings. The molecule has 0 aromatic rings. The van der Waals surface area contributed by atoms with Crippen molar-refractivity contribution in [2.45, 2.75) is 39.0 Å². The molecule has 0 aromatic carbocycles. The average Bonchev–Trinajstić information content (AvgIpc) is 2.02. The van der Waals surface area contributed by atoms with Crippen LogP contribution in [0.15, 0.2) is 12.7 Å². The van der Waals surface area contributed by atoms with Crippen molar-refractivity contribution in [3.05, 3.63) is 12.7 Å². The minimum absolute atomic E-state index is 1.19. The van der Waals surface area contributed by atoms with E-state index in [1.807, 2.05) is 6.08 Å². The van der Waals surface area contributed by atoms with E-state index in [1.165, 1.54) is 32.1 Å². The smallest absolute Gasteiger partial charge is 0.138 e. The van der Waals surface area contributed by atoms with Crippen molar-refractivity contribution in [2.24, 2.45) is 0 Å². The first-order valence-corrected chi connectivity index (χ1v) is 4.14. The van der Waals surface area contributed by atoms with Crippen LogP contribution in [0.1, 0.15) is 39.0 Å². The Hall–Kier alpha value is -0.160. The summed E-state index contributed by atoms with van der Waals surface area (Å²) in [6, 6.07) is 0. The van der Waals surface area contributed by atoms with Crippen LogP contribution in [0.3, 0.4) is 0 Å². The molecule has 0 saturated carbocycles. The highest BCUT2D eigenvalue weighted by molar-refractivity contribution is 7.00. The van der Waals surface area contributed by atoms with E-state index in [2.05, 4.69) is 13.5 Å². The quantitative estimate of drug-likeness (QED) is 0.341. The van der Waals surface area contributed by atoms with Gasteiger partial charge in [-0.15, -0.1) is 6.58 Å². The van der Waals surface area contributed by atoms with Gasteiger partial charge in [-0.2, -0.15) is 0 Å². The number of rotatable bonds is 5. The summed E-state index contributed by atoms with van der Waals surface area (Å²) in [5.74, 6) is 0. The lowest BCUT2D eigenvalue weighted by Crippen LogP contribution is -1.71. The summed E-state index contributed by atoms with van der Waals surface area (Å²) in [4.78, 5) is 0. The number of hydrogen-bond donors (Lipinski definition) is 0. The van der Waals surface area contributed by atoms with Crippen LogP contribution < -0.4 is 0 Å². The first-order chi connectivity index (χ1) is 4.91. The lowest BCUT2D eigenvalue weighted by atomic mass is 10.2. The molecule has 0 rings (SSSR count). The van der Waals surface area contributed by atoms with Crippen molar-refractivity contribution in [2.75, 3.05) is 0 Å². The van der Waals surface area contributed by atoms with Gasteiger partial charge in [0.25, 0.3) is 0 Å². The molecule has 0 aromatic heterocycles. The van der Waals surface area contributed by atoms with Gasteiger partial charge in [-0.3, -0.25) is 4.57 Å². The third-order valence-corrected chi connectivity index (χ3v) is 1.26. The number of hydrogen-bond acceptors (Lipinski definition) is 1. The van der Waals surface area contributed by atoms with Crippen molar-refractivity contribution < 1.29 is 4.57 Å². The Morgan fingerprint density at radius 2 is 1.90 bits per heavy atom. The van der Waals surface area contributed by atoms with E-state index >= 15 is 0 Å². The van der Waals surface area contributed by atoms with Gasteiger partial charge in [0.2, 0.25) is 0 Å². The normalized spacial score (nSPS) is 7.70. The van der Waals surface area contributed by atoms with Crippen LogP contribution in [0.2, 0.25) is 0 Å². The summed E-state index contributed by atoms with van der Waals surface area (Å²) in [5, 5.41) is 0. The molecule has 0 heterocycles. The van der Waals surface area contributed by atoms with Crippen molar-refractivity contribution in [3.63, 3.8) is 0 Å². The Morgan fingerprint density at radius 1 is 1.30 bits per heavy atom. The van der Waals surface area contributed by atoms with Crippen LogP contribution in [0.4, 0.5) is 0 Å². The van der Waals surface area contributed by atoms with Crippen molar-refractivity contribution in [1.29, 1.82) is 0 Å². The van der Waals surface area contributed by atoms with Gasteiger partial charge < -0.3 is 0 Å². The van der Waals surface area contributed by atoms with E-state index in [9.17, 15) is 0 Å². The molecule has 0 fully saturated rings. The third-order valence-electron chi connectivity index (χ3n) is 1.26. The van der Waals surface area contributed by atoms with Gasteiger partial charge >= 0.3 is 0 Å². The first-order valence-electron chi connectivity index (χ1n) is 3.73. The molecule has 60 valence electrons. The largest absolute Gasteiger partial charge is 0.279 e. The molecular formula is C8H17OP. The highest BCUT2D eigenvalue weighted by Gasteiger charge is 1.81. The molecular weight excluding hydrogens is 143 g/mol. The van der Waals surface area contributed by atoms with Gasteiger partial charge in [0.15, 0.2) is 0 Å². The molecule has 0 atom stereocenters. The van der Waals surface area contributed by atoms with E-state index in [1.54, 1.807) is 9.12 Å². The lowest BCUT2D eigenvalue weighted by Gasteiger charge is -1.91. The van der Waals surface area contributed by atoms with Gasteiger partial charge in [-0.25, -0.2) is 0 Å². The van der Waals surface area contributed by atoms with Gasteiger partial charge in [-0.1, -0.05) is 32.3 Å². The lowest BCUT2D eigenvalue weighted by molar-refractivity contribution is 0.607. The Labute approximate surface area is 66.1 Å². The summed E-state index contributed by atoms with van der Waals surface area (Å²) >= 11 is 0. The van der Waals surface area contributed by atoms with E-state index in [4.69, 9.17) is 4.57 Å². The molecule has 0 radical (unpaired) electrons. The molecule has 0 saturated heterocycles. The molecule has 0 spiro atoms. The van der Waals surface area contributed by atoms with E-state index in [0.717, 1.165) is 0 Å². The third kappa shape index (κ3) is 15.7. The molecule has 10 heavy (non-hydrogen) atoms. The topological polar surface area (TPSA) is 17.1 Å². The van der Waals surface area contributed by atoms with Gasteiger partial charge in [0, 0.05) is 0 Å². The number of allylic oxidation sites excluding steroid dienone is 1. The first kappa shape index (κ1) is 12.5. The molecule has 0 aliphatic carbocycles. The van der Waals surface area contributed by atoms with Gasteiger partial charge in [0.1, 0.15) is 9.12 Å². The van der Waals surface area contributed by atoms with Crippen LogP contribution in [0.5, 0.6) is 0 Å². The zero-order valence-corrected chi connectivity index (χ0v) is 7.73. The second-order valence-electron chi connectivity index (χ2n) is 2.14. The standard InChI is InChI=1S/C8H16.HOP/c1-3-5-7-8-6-4-2;1-2/h3H,1,4-8H2,2H3;2H. The predicted octanol–water partition coefficient (Wildman–Crippen LogP) is 3.62. The average molecular weight is 160 g/mol. The second kappa shape index (κ2) is 15.9. The molecule has 0 unspecified atom stereocenters. The van der Waals surface area contributed by atoms with Gasteiger partial charge in [0.05, 0.1) is 0 Å². The zero-order chi connectivity index (χ0) is 8.24. The number of unbranched alkanes of at least 4 members (excludes halogenated alkanes) is 4. The summed E-state index contributed by atoms with van der Waals surface area (Å²) in [7, 11) is 1.72. The Morgan fingerprint density at radius 3 is 2.30 bits per heavy atom. The van der Waals surface area contributed by atoms with Crippen LogP contribution in [-0.4, -0.2) is 0 Å². The molecule has 0 N–H and O–H groups in total. The summed E-state index contributed by atoms with van der Waals surface area (Å²) in [5.41, 5.74) is 0. The maximum Gasteiger partial charge on any atom is 0.138 e. The van der Waals surface area contributed by atoms with Crippen LogP contribution in [0, 0.1) is 0 Å². The van der Waals surface area contributed by atoms with Crippen LogP contribution in [-0.2, 0) is 4.57 Å². The highest BCUT2D eigenvalue weighted by Crippen LogP contribution is 2.01. The molecule has 2 heteroatoms. The molecule has 1 nitrogen and oxygen atoms in total. The van der Waals surface area contributed by atoms with E-state index in [-0.39, 0.29) is 0 Å². The fourth-order valence-corrected chi connectivity index (χ4v) is 0.715.